The number of aliphatic imine (C=N–C) groups is 1. The van der Waals surface area contributed by atoms with E-state index in [-0.39, 0.29) is 5.75 Å². The van der Waals surface area contributed by atoms with Crippen LogP contribution in [-0.2, 0) is 0 Å². The summed E-state index contributed by atoms with van der Waals surface area (Å²) in [6.45, 7) is 1.97. The number of hydrogen-bond donors (Lipinski definition) is 1. The van der Waals surface area contributed by atoms with Gasteiger partial charge in [-0.3, -0.25) is 4.99 Å². The van der Waals surface area contributed by atoms with Crippen LogP contribution in [0.15, 0.2) is 68.5 Å². The van der Waals surface area contributed by atoms with Crippen molar-refractivity contribution in [3.8, 4) is 23.0 Å². The maximum atomic E-state index is 10.3. The van der Waals surface area contributed by atoms with E-state index in [2.05, 4.69) is 25.9 Å². The van der Waals surface area contributed by atoms with Crippen molar-refractivity contribution in [3.05, 3.63) is 70.2 Å². The molecule has 6 heteroatoms. The molecule has 0 aliphatic carbocycles. The van der Waals surface area contributed by atoms with Gasteiger partial charge < -0.3 is 14.3 Å². The van der Waals surface area contributed by atoms with Gasteiger partial charge in [0.05, 0.1) is 12.8 Å². The van der Waals surface area contributed by atoms with Crippen LogP contribution in [-0.4, -0.2) is 23.4 Å². The minimum absolute atomic E-state index is 0.0511. The molecule has 0 saturated heterocycles. The maximum absolute atomic E-state index is 10.3. The van der Waals surface area contributed by atoms with Gasteiger partial charge in [0.1, 0.15) is 5.52 Å². The van der Waals surface area contributed by atoms with Crippen molar-refractivity contribution >= 4 is 38.9 Å². The number of aromatic hydroxyl groups is 1. The lowest BCUT2D eigenvalue weighted by Gasteiger charge is -2.07. The third kappa shape index (κ3) is 3.51. The van der Waals surface area contributed by atoms with E-state index in [4.69, 9.17) is 9.15 Å². The zero-order valence-electron chi connectivity index (χ0n) is 15.3. The lowest BCUT2D eigenvalue weighted by Crippen LogP contribution is -1.89. The van der Waals surface area contributed by atoms with Gasteiger partial charge >= 0.3 is 0 Å². The van der Waals surface area contributed by atoms with Gasteiger partial charge in [0.2, 0.25) is 5.89 Å². The molecule has 1 aromatic heterocycles. The number of benzene rings is 3. The number of rotatable bonds is 4. The highest BCUT2D eigenvalue weighted by atomic mass is 79.9. The Kier molecular flexibility index (Phi) is 4.88. The van der Waals surface area contributed by atoms with Crippen molar-refractivity contribution in [2.75, 3.05) is 7.11 Å². The molecule has 4 aromatic rings. The van der Waals surface area contributed by atoms with Gasteiger partial charge in [-0.15, -0.1) is 0 Å². The monoisotopic (exact) mass is 436 g/mol. The Morgan fingerprint density at radius 2 is 1.96 bits per heavy atom. The number of phenols is 1. The predicted molar refractivity (Wildman–Crippen MR) is 114 cm³/mol. The van der Waals surface area contributed by atoms with E-state index >= 15 is 0 Å². The summed E-state index contributed by atoms with van der Waals surface area (Å²) in [5.41, 5.74) is 4.80. The van der Waals surface area contributed by atoms with Gasteiger partial charge in [0.15, 0.2) is 17.1 Å². The molecule has 0 fully saturated rings. The number of para-hydroxylation sites is 2. The Balaban J connectivity index is 1.65. The van der Waals surface area contributed by atoms with Gasteiger partial charge in [-0.05, 0) is 55.0 Å². The first-order valence-electron chi connectivity index (χ1n) is 8.62. The Hall–Kier alpha value is -3.12. The van der Waals surface area contributed by atoms with E-state index in [0.29, 0.717) is 17.2 Å². The number of nitrogens with zero attached hydrogens (tertiary/aromatic N) is 2. The molecular formula is C22H17BrN2O3. The molecule has 1 heterocycles. The molecule has 0 radical (unpaired) electrons. The first kappa shape index (κ1) is 18.3. The number of hydrogen-bond acceptors (Lipinski definition) is 5. The number of phenolic OH excluding ortho intramolecular Hbond substituents is 1. The lowest BCUT2D eigenvalue weighted by atomic mass is 10.1. The van der Waals surface area contributed by atoms with Crippen molar-refractivity contribution < 1.29 is 14.3 Å². The number of aromatic nitrogens is 1. The van der Waals surface area contributed by atoms with Crippen LogP contribution in [0.5, 0.6) is 11.5 Å². The van der Waals surface area contributed by atoms with Crippen molar-refractivity contribution in [1.82, 2.24) is 4.98 Å². The van der Waals surface area contributed by atoms with Gasteiger partial charge in [-0.2, -0.15) is 0 Å². The second-order valence-corrected chi connectivity index (χ2v) is 7.21. The molecular weight excluding hydrogens is 420 g/mol. The second kappa shape index (κ2) is 7.48. The highest BCUT2D eigenvalue weighted by molar-refractivity contribution is 9.10. The third-order valence-corrected chi connectivity index (χ3v) is 4.83. The van der Waals surface area contributed by atoms with Crippen molar-refractivity contribution in [3.63, 3.8) is 0 Å². The topological polar surface area (TPSA) is 67.9 Å². The largest absolute Gasteiger partial charge is 0.504 e. The van der Waals surface area contributed by atoms with Crippen LogP contribution >= 0.6 is 15.9 Å². The van der Waals surface area contributed by atoms with Crippen LogP contribution in [0.4, 0.5) is 5.69 Å². The third-order valence-electron chi connectivity index (χ3n) is 4.37. The summed E-state index contributed by atoms with van der Waals surface area (Å²) in [5, 5.41) is 10.3. The number of aryl methyl sites for hydroxylation is 1. The fourth-order valence-electron chi connectivity index (χ4n) is 2.92. The Bertz CT molecular complexity index is 1160. The van der Waals surface area contributed by atoms with Crippen LogP contribution < -0.4 is 4.74 Å². The van der Waals surface area contributed by atoms with Crippen molar-refractivity contribution in [2.45, 2.75) is 6.92 Å². The summed E-state index contributed by atoms with van der Waals surface area (Å²) < 4.78 is 11.8. The molecule has 140 valence electrons. The molecule has 4 rings (SSSR count). The molecule has 0 spiro atoms. The summed E-state index contributed by atoms with van der Waals surface area (Å²) >= 11 is 3.41. The quantitative estimate of drug-likeness (QED) is 0.396. The maximum Gasteiger partial charge on any atom is 0.227 e. The zero-order chi connectivity index (χ0) is 19.7. The van der Waals surface area contributed by atoms with Gasteiger partial charge in [-0.25, -0.2) is 4.98 Å². The van der Waals surface area contributed by atoms with Gasteiger partial charge in [0.25, 0.3) is 0 Å². The molecule has 1 N–H and O–H groups in total. The molecule has 0 atom stereocenters. The van der Waals surface area contributed by atoms with E-state index in [0.717, 1.165) is 32.4 Å². The average molecular weight is 437 g/mol. The van der Waals surface area contributed by atoms with E-state index < -0.39 is 0 Å². The fourth-order valence-corrected chi connectivity index (χ4v) is 3.37. The summed E-state index contributed by atoms with van der Waals surface area (Å²) in [6, 6.07) is 17.0. The van der Waals surface area contributed by atoms with E-state index in [1.807, 2.05) is 49.4 Å². The standard InChI is InChI=1S/C22H17BrN2O3/c1-13-9-14(22-25-18-5-3-4-6-19(18)28-22)7-8-17(13)24-12-15-10-16(23)11-20(27-2)21(15)26/h3-12,26H,1-2H3. The van der Waals surface area contributed by atoms with Crippen molar-refractivity contribution in [2.24, 2.45) is 4.99 Å². The minimum atomic E-state index is 0.0511. The normalized spacial score (nSPS) is 11.4. The van der Waals surface area contributed by atoms with Gasteiger partial charge in [0, 0.05) is 21.8 Å². The number of methoxy groups -OCH3 is 1. The molecule has 5 nitrogen and oxygen atoms in total. The van der Waals surface area contributed by atoms with Crippen LogP contribution in [0.25, 0.3) is 22.6 Å². The average Bonchev–Trinajstić information content (AvgIpc) is 3.13. The summed E-state index contributed by atoms with van der Waals surface area (Å²) in [4.78, 5) is 9.05. The van der Waals surface area contributed by atoms with Crippen LogP contribution in [0.1, 0.15) is 11.1 Å². The van der Waals surface area contributed by atoms with Crippen molar-refractivity contribution in [1.29, 1.82) is 0 Å². The molecule has 0 aliphatic heterocycles. The predicted octanol–water partition coefficient (Wildman–Crippen LogP) is 6.03. The summed E-state index contributed by atoms with van der Waals surface area (Å²) in [5.74, 6) is 1.02. The molecule has 0 aliphatic rings. The van der Waals surface area contributed by atoms with Crippen LogP contribution in [0, 0.1) is 6.92 Å². The SMILES string of the molecule is COc1cc(Br)cc(C=Nc2ccc(-c3nc4ccccc4o3)cc2C)c1O. The zero-order valence-corrected chi connectivity index (χ0v) is 16.9. The smallest absolute Gasteiger partial charge is 0.227 e. The Morgan fingerprint density at radius 1 is 1.14 bits per heavy atom. The molecule has 0 amide bonds. The Labute approximate surface area is 170 Å². The molecule has 0 saturated carbocycles. The number of oxazole rings is 1. The first-order chi connectivity index (χ1) is 13.5. The second-order valence-electron chi connectivity index (χ2n) is 6.29. The fraction of sp³-hybridized carbons (Fsp3) is 0.0909. The molecule has 0 unspecified atom stereocenters. The molecule has 28 heavy (non-hydrogen) atoms. The Morgan fingerprint density at radius 3 is 2.71 bits per heavy atom. The minimum Gasteiger partial charge on any atom is -0.504 e. The highest BCUT2D eigenvalue weighted by Gasteiger charge is 2.10. The molecule has 3 aromatic carbocycles. The summed E-state index contributed by atoms with van der Waals surface area (Å²) in [7, 11) is 1.51. The first-order valence-corrected chi connectivity index (χ1v) is 9.41. The molecule has 0 bridgehead atoms. The van der Waals surface area contributed by atoms with Crippen LogP contribution in [0.3, 0.4) is 0 Å². The summed E-state index contributed by atoms with van der Waals surface area (Å²) in [6.07, 6.45) is 1.62. The van der Waals surface area contributed by atoms with Gasteiger partial charge in [-0.1, -0.05) is 28.1 Å². The highest BCUT2D eigenvalue weighted by Crippen LogP contribution is 2.33. The number of ether oxygens (including phenoxy) is 1. The number of fused-ring (bicyclic) bond motifs is 1. The lowest BCUT2D eigenvalue weighted by molar-refractivity contribution is 0.373. The number of halogens is 1. The van der Waals surface area contributed by atoms with E-state index in [1.54, 1.807) is 18.3 Å². The van der Waals surface area contributed by atoms with E-state index in [9.17, 15) is 5.11 Å². The van der Waals surface area contributed by atoms with E-state index in [1.165, 1.54) is 7.11 Å². The van der Waals surface area contributed by atoms with Crippen LogP contribution in [0.2, 0.25) is 0 Å².